The minimum absolute atomic E-state index is 0.534. The number of aromatic nitrogens is 2. The molecule has 0 bridgehead atoms. The Hall–Kier alpha value is -3.93. The van der Waals surface area contributed by atoms with Crippen molar-refractivity contribution < 1.29 is 18.6 Å². The molecule has 0 saturated carbocycles. The molecule has 0 aliphatic heterocycles. The number of ether oxygens (including phenoxy) is 3. The van der Waals surface area contributed by atoms with E-state index in [9.17, 15) is 0 Å². The van der Waals surface area contributed by atoms with Gasteiger partial charge in [0.1, 0.15) is 5.52 Å². The predicted molar refractivity (Wildman–Crippen MR) is 116 cm³/mol. The van der Waals surface area contributed by atoms with E-state index in [1.54, 1.807) is 21.3 Å². The summed E-state index contributed by atoms with van der Waals surface area (Å²) in [6.45, 7) is 0. The van der Waals surface area contributed by atoms with Gasteiger partial charge >= 0.3 is 0 Å². The zero-order valence-corrected chi connectivity index (χ0v) is 16.9. The minimum Gasteiger partial charge on any atom is -0.493 e. The van der Waals surface area contributed by atoms with Crippen LogP contribution in [0, 0.1) is 0 Å². The van der Waals surface area contributed by atoms with E-state index in [1.165, 1.54) is 0 Å². The molecule has 6 heteroatoms. The van der Waals surface area contributed by atoms with Gasteiger partial charge in [0.15, 0.2) is 17.1 Å². The Morgan fingerprint density at radius 1 is 0.833 bits per heavy atom. The van der Waals surface area contributed by atoms with E-state index in [-0.39, 0.29) is 0 Å². The van der Waals surface area contributed by atoms with Crippen molar-refractivity contribution in [2.24, 2.45) is 0 Å². The molecule has 0 fully saturated rings. The van der Waals surface area contributed by atoms with Crippen LogP contribution < -0.4 is 14.2 Å². The zero-order chi connectivity index (χ0) is 20.7. The van der Waals surface area contributed by atoms with Crippen LogP contribution in [0.2, 0.25) is 0 Å². The number of aromatic amines is 1. The largest absolute Gasteiger partial charge is 0.493 e. The van der Waals surface area contributed by atoms with Gasteiger partial charge in [-0.15, -0.1) is 0 Å². The van der Waals surface area contributed by atoms with Crippen molar-refractivity contribution in [1.82, 2.24) is 9.97 Å². The molecule has 5 aromatic rings. The zero-order valence-electron chi connectivity index (χ0n) is 16.9. The molecule has 0 aliphatic carbocycles. The van der Waals surface area contributed by atoms with Crippen molar-refractivity contribution in [1.29, 1.82) is 0 Å². The van der Waals surface area contributed by atoms with Gasteiger partial charge in [0.25, 0.3) is 0 Å². The first-order valence-corrected chi connectivity index (χ1v) is 9.50. The fourth-order valence-corrected chi connectivity index (χ4v) is 3.78. The van der Waals surface area contributed by atoms with Crippen molar-refractivity contribution in [2.75, 3.05) is 21.3 Å². The highest BCUT2D eigenvalue weighted by Crippen LogP contribution is 2.46. The standard InChI is InChI=1S/C24H20N2O4/c1-27-20-10-9-17(22(28-2)23(20)29-3)16-5-4-6-18-21(16)30-24(26-18)15-8-7-14-11-12-25-19(14)13-15/h4-13,25H,1-3H3. The first-order valence-electron chi connectivity index (χ1n) is 9.50. The maximum absolute atomic E-state index is 6.24. The van der Waals surface area contributed by atoms with Crippen molar-refractivity contribution in [3.8, 4) is 39.8 Å². The van der Waals surface area contributed by atoms with Crippen molar-refractivity contribution >= 4 is 22.0 Å². The Labute approximate surface area is 173 Å². The van der Waals surface area contributed by atoms with Crippen LogP contribution in [0.15, 0.2) is 65.2 Å². The summed E-state index contributed by atoms with van der Waals surface area (Å²) >= 11 is 0. The molecule has 0 radical (unpaired) electrons. The van der Waals surface area contributed by atoms with E-state index < -0.39 is 0 Å². The summed E-state index contributed by atoms with van der Waals surface area (Å²) in [5.41, 5.74) is 5.10. The van der Waals surface area contributed by atoms with Crippen LogP contribution in [0.25, 0.3) is 44.6 Å². The van der Waals surface area contributed by atoms with Gasteiger partial charge in [-0.1, -0.05) is 18.2 Å². The van der Waals surface area contributed by atoms with Crippen LogP contribution in [-0.4, -0.2) is 31.3 Å². The van der Waals surface area contributed by atoms with Gasteiger partial charge in [0, 0.05) is 28.4 Å². The second kappa shape index (κ2) is 7.15. The van der Waals surface area contributed by atoms with Gasteiger partial charge in [-0.05, 0) is 41.8 Å². The molecule has 3 aromatic carbocycles. The number of benzene rings is 3. The molecule has 30 heavy (non-hydrogen) atoms. The van der Waals surface area contributed by atoms with Gasteiger partial charge in [-0.25, -0.2) is 4.98 Å². The summed E-state index contributed by atoms with van der Waals surface area (Å²) in [6, 6.07) is 17.8. The highest BCUT2D eigenvalue weighted by atomic mass is 16.5. The SMILES string of the molecule is COc1ccc(-c2cccc3nc(-c4ccc5cc[nH]c5c4)oc23)c(OC)c1OC. The number of methoxy groups -OCH3 is 3. The lowest BCUT2D eigenvalue weighted by atomic mass is 10.0. The summed E-state index contributed by atoms with van der Waals surface area (Å²) in [5, 5.41) is 1.14. The third-order valence-corrected chi connectivity index (χ3v) is 5.21. The second-order valence-electron chi connectivity index (χ2n) is 6.83. The van der Waals surface area contributed by atoms with Gasteiger partial charge < -0.3 is 23.6 Å². The fourth-order valence-electron chi connectivity index (χ4n) is 3.78. The van der Waals surface area contributed by atoms with Crippen LogP contribution >= 0.6 is 0 Å². The summed E-state index contributed by atoms with van der Waals surface area (Å²) in [6.07, 6.45) is 1.92. The molecule has 0 aliphatic rings. The van der Waals surface area contributed by atoms with E-state index in [1.807, 2.05) is 60.8 Å². The molecular formula is C24H20N2O4. The molecule has 1 N–H and O–H groups in total. The Kier molecular flexibility index (Phi) is 4.32. The topological polar surface area (TPSA) is 69.5 Å². The maximum atomic E-state index is 6.24. The Bertz CT molecular complexity index is 1370. The highest BCUT2D eigenvalue weighted by Gasteiger charge is 2.21. The van der Waals surface area contributed by atoms with Crippen molar-refractivity contribution in [3.63, 3.8) is 0 Å². The van der Waals surface area contributed by atoms with E-state index in [0.717, 1.165) is 33.1 Å². The first-order chi connectivity index (χ1) is 14.7. The molecule has 5 rings (SSSR count). The molecule has 0 saturated heterocycles. The number of rotatable bonds is 5. The molecule has 0 unspecified atom stereocenters. The van der Waals surface area contributed by atoms with Crippen LogP contribution in [0.3, 0.4) is 0 Å². The number of H-pyrrole nitrogens is 1. The number of fused-ring (bicyclic) bond motifs is 2. The lowest BCUT2D eigenvalue weighted by Crippen LogP contribution is -1.97. The summed E-state index contributed by atoms with van der Waals surface area (Å²) < 4.78 is 22.9. The van der Waals surface area contributed by atoms with Crippen LogP contribution in [0.4, 0.5) is 0 Å². The van der Waals surface area contributed by atoms with E-state index in [4.69, 9.17) is 23.6 Å². The predicted octanol–water partition coefficient (Wildman–Crippen LogP) is 5.67. The molecule has 0 amide bonds. The van der Waals surface area contributed by atoms with Crippen LogP contribution in [0.5, 0.6) is 17.2 Å². The van der Waals surface area contributed by atoms with E-state index in [2.05, 4.69) is 4.98 Å². The average Bonchev–Trinajstić information content (AvgIpc) is 3.43. The van der Waals surface area contributed by atoms with Crippen molar-refractivity contribution in [3.05, 3.63) is 60.8 Å². The lowest BCUT2D eigenvalue weighted by Gasteiger charge is -2.15. The van der Waals surface area contributed by atoms with Gasteiger partial charge in [-0.3, -0.25) is 0 Å². The number of nitrogens with zero attached hydrogens (tertiary/aromatic N) is 1. The second-order valence-corrected chi connectivity index (χ2v) is 6.83. The van der Waals surface area contributed by atoms with Gasteiger partial charge in [0.05, 0.1) is 21.3 Å². The molecule has 2 aromatic heterocycles. The summed E-state index contributed by atoms with van der Waals surface area (Å²) in [5.74, 6) is 2.28. The number of nitrogens with one attached hydrogen (secondary N) is 1. The molecule has 6 nitrogen and oxygen atoms in total. The minimum atomic E-state index is 0.534. The maximum Gasteiger partial charge on any atom is 0.227 e. The number of hydrogen-bond acceptors (Lipinski definition) is 5. The first kappa shape index (κ1) is 18.1. The molecule has 2 heterocycles. The van der Waals surface area contributed by atoms with Gasteiger partial charge in [0.2, 0.25) is 11.6 Å². The highest BCUT2D eigenvalue weighted by molar-refractivity contribution is 5.95. The van der Waals surface area contributed by atoms with E-state index >= 15 is 0 Å². The summed E-state index contributed by atoms with van der Waals surface area (Å²) in [7, 11) is 4.80. The lowest BCUT2D eigenvalue weighted by molar-refractivity contribution is 0.325. The van der Waals surface area contributed by atoms with E-state index in [0.29, 0.717) is 28.7 Å². The van der Waals surface area contributed by atoms with Crippen LogP contribution in [0.1, 0.15) is 0 Å². The molecular weight excluding hydrogens is 380 g/mol. The van der Waals surface area contributed by atoms with Crippen molar-refractivity contribution in [2.45, 2.75) is 0 Å². The monoisotopic (exact) mass is 400 g/mol. The number of hydrogen-bond donors (Lipinski definition) is 1. The number of para-hydroxylation sites is 1. The summed E-state index contributed by atoms with van der Waals surface area (Å²) in [4.78, 5) is 7.94. The number of oxazole rings is 1. The van der Waals surface area contributed by atoms with Gasteiger partial charge in [-0.2, -0.15) is 0 Å². The molecule has 0 atom stereocenters. The Balaban J connectivity index is 1.70. The molecule has 150 valence electrons. The third-order valence-electron chi connectivity index (χ3n) is 5.21. The average molecular weight is 400 g/mol. The smallest absolute Gasteiger partial charge is 0.227 e. The fraction of sp³-hybridized carbons (Fsp3) is 0.125. The quantitative estimate of drug-likeness (QED) is 0.412. The molecule has 0 spiro atoms. The Morgan fingerprint density at radius 2 is 1.70 bits per heavy atom. The third kappa shape index (κ3) is 2.76. The van der Waals surface area contributed by atoms with Crippen LogP contribution in [-0.2, 0) is 0 Å². The Morgan fingerprint density at radius 3 is 2.50 bits per heavy atom. The normalized spacial score (nSPS) is 11.2.